The smallest absolute Gasteiger partial charge is 0.261 e. The number of piperazine rings is 1. The van der Waals surface area contributed by atoms with Gasteiger partial charge in [-0.3, -0.25) is 14.3 Å². The van der Waals surface area contributed by atoms with Crippen LogP contribution in [0.15, 0.2) is 41.2 Å². The zero-order valence-electron chi connectivity index (χ0n) is 15.0. The van der Waals surface area contributed by atoms with Gasteiger partial charge in [0.25, 0.3) is 5.56 Å². The molecule has 27 heavy (non-hydrogen) atoms. The molecule has 0 aliphatic carbocycles. The van der Waals surface area contributed by atoms with Gasteiger partial charge in [0.15, 0.2) is 5.82 Å². The third-order valence-electron chi connectivity index (χ3n) is 5.85. The molecule has 2 aliphatic rings. The molecule has 1 unspecified atom stereocenters. The summed E-state index contributed by atoms with van der Waals surface area (Å²) in [5.41, 5.74) is 1.62. The number of benzene rings is 2. The van der Waals surface area contributed by atoms with Crippen LogP contribution in [-0.2, 0) is 7.05 Å². The van der Waals surface area contributed by atoms with Crippen molar-refractivity contribution in [2.24, 2.45) is 7.05 Å². The SMILES string of the molecule is CN1CC2[C@H]1CN2c1ccc2nc(-c3cccc(Cl)c3F)n(C)c(=O)c2c1. The number of nitrogens with zero attached hydrogens (tertiary/aromatic N) is 4. The van der Waals surface area contributed by atoms with Gasteiger partial charge in [0.05, 0.1) is 27.5 Å². The minimum absolute atomic E-state index is 0.00926. The molecule has 2 fully saturated rings. The Hall–Kier alpha value is -2.44. The highest BCUT2D eigenvalue weighted by molar-refractivity contribution is 6.31. The number of likely N-dealkylation sites (tertiary alicyclic amines) is 1. The number of hydrogen-bond donors (Lipinski definition) is 0. The topological polar surface area (TPSA) is 41.4 Å². The molecule has 3 aromatic rings. The van der Waals surface area contributed by atoms with Crippen molar-refractivity contribution in [1.29, 1.82) is 0 Å². The largest absolute Gasteiger partial charge is 0.364 e. The second kappa shape index (κ2) is 5.78. The summed E-state index contributed by atoms with van der Waals surface area (Å²) in [6.07, 6.45) is 0. The first kappa shape index (κ1) is 16.7. The van der Waals surface area contributed by atoms with E-state index in [-0.39, 0.29) is 22.0 Å². The Morgan fingerprint density at radius 3 is 2.67 bits per heavy atom. The summed E-state index contributed by atoms with van der Waals surface area (Å²) in [4.78, 5) is 22.2. The lowest BCUT2D eigenvalue weighted by Gasteiger charge is -2.62. The van der Waals surface area contributed by atoms with E-state index in [9.17, 15) is 9.18 Å². The number of rotatable bonds is 2. The molecule has 0 amide bonds. The van der Waals surface area contributed by atoms with Crippen molar-refractivity contribution in [3.8, 4) is 11.4 Å². The Morgan fingerprint density at radius 2 is 1.96 bits per heavy atom. The summed E-state index contributed by atoms with van der Waals surface area (Å²) < 4.78 is 15.8. The molecule has 3 heterocycles. The van der Waals surface area contributed by atoms with Crippen LogP contribution in [0.1, 0.15) is 0 Å². The van der Waals surface area contributed by atoms with Crippen LogP contribution in [0, 0.1) is 5.82 Å². The normalized spacial score (nSPS) is 21.7. The molecule has 0 N–H and O–H groups in total. The minimum Gasteiger partial charge on any atom is -0.364 e. The molecule has 138 valence electrons. The molecule has 0 bridgehead atoms. The van der Waals surface area contributed by atoms with Crippen LogP contribution in [0.25, 0.3) is 22.3 Å². The van der Waals surface area contributed by atoms with Gasteiger partial charge in [0.1, 0.15) is 5.82 Å². The summed E-state index contributed by atoms with van der Waals surface area (Å²) in [5.74, 6) is -0.303. The predicted molar refractivity (Wildman–Crippen MR) is 105 cm³/mol. The molecule has 2 aromatic carbocycles. The van der Waals surface area contributed by atoms with Gasteiger partial charge in [-0.2, -0.15) is 0 Å². The van der Waals surface area contributed by atoms with E-state index in [0.717, 1.165) is 18.8 Å². The van der Waals surface area contributed by atoms with E-state index in [1.807, 2.05) is 18.2 Å². The van der Waals surface area contributed by atoms with E-state index >= 15 is 0 Å². The summed E-state index contributed by atoms with van der Waals surface area (Å²) >= 11 is 5.89. The van der Waals surface area contributed by atoms with Crippen molar-refractivity contribution in [3.05, 3.63) is 57.6 Å². The van der Waals surface area contributed by atoms with Gasteiger partial charge in [0.2, 0.25) is 0 Å². The molecular formula is C20H18ClFN4O. The van der Waals surface area contributed by atoms with Crippen LogP contribution in [0.4, 0.5) is 10.1 Å². The highest BCUT2D eigenvalue weighted by Gasteiger charge is 2.49. The Bertz CT molecular complexity index is 1140. The monoisotopic (exact) mass is 384 g/mol. The molecule has 5 nitrogen and oxygen atoms in total. The van der Waals surface area contributed by atoms with E-state index in [0.29, 0.717) is 23.0 Å². The first-order valence-corrected chi connectivity index (χ1v) is 9.25. The van der Waals surface area contributed by atoms with Crippen LogP contribution in [0.2, 0.25) is 5.02 Å². The Kier molecular flexibility index (Phi) is 3.58. The van der Waals surface area contributed by atoms with Gasteiger partial charge in [-0.25, -0.2) is 9.37 Å². The third kappa shape index (κ3) is 2.33. The van der Waals surface area contributed by atoms with E-state index in [4.69, 9.17) is 11.6 Å². The van der Waals surface area contributed by atoms with Gasteiger partial charge in [-0.1, -0.05) is 17.7 Å². The van der Waals surface area contributed by atoms with E-state index in [1.165, 1.54) is 10.6 Å². The van der Waals surface area contributed by atoms with E-state index in [2.05, 4.69) is 21.8 Å². The lowest BCUT2D eigenvalue weighted by atomic mass is 9.85. The quantitative estimate of drug-likeness (QED) is 0.681. The second-order valence-electron chi connectivity index (χ2n) is 7.33. The van der Waals surface area contributed by atoms with Gasteiger partial charge >= 0.3 is 0 Å². The summed E-state index contributed by atoms with van der Waals surface area (Å²) in [7, 11) is 3.74. The fourth-order valence-electron chi connectivity index (χ4n) is 4.13. The van der Waals surface area contributed by atoms with Crippen molar-refractivity contribution in [2.75, 3.05) is 25.0 Å². The molecule has 1 aromatic heterocycles. The number of halogens is 2. The first-order valence-electron chi connectivity index (χ1n) is 8.88. The second-order valence-corrected chi connectivity index (χ2v) is 7.74. The lowest BCUT2D eigenvalue weighted by molar-refractivity contribution is 0.0369. The number of anilines is 1. The Morgan fingerprint density at radius 1 is 1.15 bits per heavy atom. The van der Waals surface area contributed by atoms with Gasteiger partial charge in [0, 0.05) is 31.9 Å². The number of aromatic nitrogens is 2. The highest BCUT2D eigenvalue weighted by atomic mass is 35.5. The van der Waals surface area contributed by atoms with Crippen LogP contribution in [0.3, 0.4) is 0 Å². The molecule has 5 rings (SSSR count). The van der Waals surface area contributed by atoms with Gasteiger partial charge in [-0.15, -0.1) is 0 Å². The first-order chi connectivity index (χ1) is 13.0. The van der Waals surface area contributed by atoms with Crippen LogP contribution in [-0.4, -0.2) is 46.7 Å². The Labute approximate surface area is 160 Å². The van der Waals surface area contributed by atoms with E-state index < -0.39 is 5.82 Å². The van der Waals surface area contributed by atoms with Gasteiger partial charge < -0.3 is 4.90 Å². The maximum Gasteiger partial charge on any atom is 0.261 e. The number of likely N-dealkylation sites (N-methyl/N-ethyl adjacent to an activating group) is 1. The fourth-order valence-corrected chi connectivity index (χ4v) is 4.30. The molecule has 0 radical (unpaired) electrons. The van der Waals surface area contributed by atoms with Crippen molar-refractivity contribution >= 4 is 28.2 Å². The summed E-state index contributed by atoms with van der Waals surface area (Å²) in [6.45, 7) is 2.03. The van der Waals surface area contributed by atoms with Crippen molar-refractivity contribution < 1.29 is 4.39 Å². The zero-order valence-corrected chi connectivity index (χ0v) is 15.7. The Balaban J connectivity index is 1.61. The standard InChI is InChI=1S/C20H18ClFN4O/c1-24-9-17-16(24)10-26(17)11-6-7-15-13(8-11)20(27)25(2)19(23-15)12-4-3-5-14(21)18(12)22/h3-8,16-17H,9-10H2,1-2H3/t16-,17?/m1/s1. The third-order valence-corrected chi connectivity index (χ3v) is 6.14. The summed E-state index contributed by atoms with van der Waals surface area (Å²) in [6, 6.07) is 11.6. The zero-order chi connectivity index (χ0) is 18.9. The predicted octanol–water partition coefficient (Wildman–Crippen LogP) is 2.90. The lowest BCUT2D eigenvalue weighted by Crippen LogP contribution is -2.78. The van der Waals surface area contributed by atoms with Crippen LogP contribution in [0.5, 0.6) is 0 Å². The van der Waals surface area contributed by atoms with Gasteiger partial charge in [-0.05, 0) is 37.4 Å². The van der Waals surface area contributed by atoms with E-state index in [1.54, 1.807) is 19.2 Å². The average Bonchev–Trinajstić information content (AvgIpc) is 2.65. The molecule has 0 spiro atoms. The molecule has 2 saturated heterocycles. The maximum atomic E-state index is 14.4. The summed E-state index contributed by atoms with van der Waals surface area (Å²) in [5, 5.41) is 0.548. The number of fused-ring (bicyclic) bond motifs is 2. The molecule has 0 saturated carbocycles. The van der Waals surface area contributed by atoms with Crippen LogP contribution < -0.4 is 10.5 Å². The van der Waals surface area contributed by atoms with Crippen molar-refractivity contribution in [3.63, 3.8) is 0 Å². The molecular weight excluding hydrogens is 367 g/mol. The number of hydrogen-bond acceptors (Lipinski definition) is 4. The minimum atomic E-state index is -0.571. The molecule has 2 aliphatic heterocycles. The molecule has 7 heteroatoms. The fraction of sp³-hybridized carbons (Fsp3) is 0.300. The average molecular weight is 385 g/mol. The maximum absolute atomic E-state index is 14.4. The van der Waals surface area contributed by atoms with Crippen molar-refractivity contribution in [2.45, 2.75) is 12.1 Å². The van der Waals surface area contributed by atoms with Crippen molar-refractivity contribution in [1.82, 2.24) is 14.5 Å². The van der Waals surface area contributed by atoms with Crippen LogP contribution >= 0.6 is 11.6 Å². The molecule has 2 atom stereocenters. The highest BCUT2D eigenvalue weighted by Crippen LogP contribution is 2.37.